The Bertz CT molecular complexity index is 957. The van der Waals surface area contributed by atoms with Crippen molar-refractivity contribution in [3.63, 3.8) is 0 Å². The molecule has 0 spiro atoms. The van der Waals surface area contributed by atoms with E-state index in [1.165, 1.54) is 20.3 Å². The number of hydrogen-bond donors (Lipinski definition) is 0. The third-order valence-corrected chi connectivity index (χ3v) is 5.74. The Hall–Kier alpha value is -2.32. The molecule has 2 heterocycles. The van der Waals surface area contributed by atoms with Crippen molar-refractivity contribution >= 4 is 26.4 Å². The van der Waals surface area contributed by atoms with Crippen LogP contribution in [0.5, 0.6) is 0 Å². The van der Waals surface area contributed by atoms with E-state index < -0.39 is 25.4 Å². The van der Waals surface area contributed by atoms with Gasteiger partial charge in [-0.25, -0.2) is 4.98 Å². The van der Waals surface area contributed by atoms with E-state index in [0.29, 0.717) is 20.0 Å². The highest BCUT2D eigenvalue weighted by molar-refractivity contribution is 7.89. The summed E-state index contributed by atoms with van der Waals surface area (Å²) in [6.07, 6.45) is 1.96. The molecular formula is C10H15N7O5S2. The van der Waals surface area contributed by atoms with Gasteiger partial charge in [-0.15, -0.1) is 9.19 Å². The minimum Gasteiger partial charge on any atom is -0.361 e. The first-order chi connectivity index (χ1) is 11.0. The van der Waals surface area contributed by atoms with Gasteiger partial charge in [0.1, 0.15) is 17.8 Å². The van der Waals surface area contributed by atoms with E-state index >= 15 is 0 Å². The predicted molar refractivity (Wildman–Crippen MR) is 81.8 cm³/mol. The van der Waals surface area contributed by atoms with Crippen LogP contribution in [-0.2, 0) is 20.2 Å². The number of sulfonamides is 1. The minimum atomic E-state index is -4.22. The average molecular weight is 377 g/mol. The number of hydrogen-bond acceptors (Lipinski definition) is 9. The fourth-order valence-electron chi connectivity index (χ4n) is 1.40. The summed E-state index contributed by atoms with van der Waals surface area (Å²) in [5.74, 6) is 0.538. The van der Waals surface area contributed by atoms with Gasteiger partial charge in [0.05, 0.1) is 6.21 Å². The Morgan fingerprint density at radius 1 is 1.25 bits per heavy atom. The monoisotopic (exact) mass is 377 g/mol. The topological polar surface area (TPSA) is 144 Å². The quantitative estimate of drug-likeness (QED) is 0.455. The molecule has 0 aliphatic carbocycles. The molecule has 0 bridgehead atoms. The molecule has 0 unspecified atom stereocenters. The smallest absolute Gasteiger partial charge is 0.323 e. The van der Waals surface area contributed by atoms with Crippen LogP contribution in [0.4, 0.5) is 0 Å². The van der Waals surface area contributed by atoms with E-state index in [2.05, 4.69) is 20.3 Å². The summed E-state index contributed by atoms with van der Waals surface area (Å²) in [7, 11) is -4.47. The summed E-state index contributed by atoms with van der Waals surface area (Å²) in [4.78, 5) is 3.53. The van der Waals surface area contributed by atoms with Crippen LogP contribution >= 0.6 is 0 Å². The van der Waals surface area contributed by atoms with Gasteiger partial charge in [0.2, 0.25) is 0 Å². The predicted octanol–water partition coefficient (Wildman–Crippen LogP) is -1.12. The molecule has 0 fully saturated rings. The average Bonchev–Trinajstić information content (AvgIpc) is 3.13. The van der Waals surface area contributed by atoms with E-state index in [4.69, 9.17) is 4.52 Å². The van der Waals surface area contributed by atoms with Crippen molar-refractivity contribution in [1.29, 1.82) is 0 Å². The van der Waals surface area contributed by atoms with Crippen LogP contribution < -0.4 is 0 Å². The van der Waals surface area contributed by atoms with Crippen LogP contribution in [0.1, 0.15) is 11.5 Å². The zero-order valence-corrected chi connectivity index (χ0v) is 14.9. The van der Waals surface area contributed by atoms with Gasteiger partial charge in [-0.1, -0.05) is 5.16 Å². The maximum atomic E-state index is 12.3. The van der Waals surface area contributed by atoms with E-state index in [1.807, 2.05) is 0 Å². The molecule has 132 valence electrons. The molecule has 0 aromatic carbocycles. The maximum Gasteiger partial charge on any atom is 0.323 e. The molecule has 2 aromatic rings. The fourth-order valence-corrected chi connectivity index (χ4v) is 2.91. The first-order valence-corrected chi connectivity index (χ1v) is 9.20. The Kier molecular flexibility index (Phi) is 4.73. The van der Waals surface area contributed by atoms with Gasteiger partial charge in [0, 0.05) is 27.2 Å². The van der Waals surface area contributed by atoms with Crippen molar-refractivity contribution in [1.82, 2.24) is 28.0 Å². The highest BCUT2D eigenvalue weighted by Gasteiger charge is 2.27. The molecule has 14 heteroatoms. The standard InChI is InChI=1S/C10H15N7O5S2/c1-8-5-9(14-22-8)6-12-16(4)23(18,19)10-11-7-17(13-10)24(20,21)15(2)3/h5-7H,1-4H3/b12-6+. The summed E-state index contributed by atoms with van der Waals surface area (Å²) < 4.78 is 55.1. The largest absolute Gasteiger partial charge is 0.361 e. The lowest BCUT2D eigenvalue weighted by Gasteiger charge is -2.11. The molecule has 2 aromatic heterocycles. The second kappa shape index (κ2) is 6.29. The second-order valence-electron chi connectivity index (χ2n) is 4.74. The van der Waals surface area contributed by atoms with Gasteiger partial charge in [-0.2, -0.15) is 30.7 Å². The molecular weight excluding hydrogens is 362 g/mol. The number of aromatic nitrogens is 4. The molecule has 12 nitrogen and oxygen atoms in total. The Morgan fingerprint density at radius 3 is 2.46 bits per heavy atom. The van der Waals surface area contributed by atoms with Crippen molar-refractivity contribution in [3.05, 3.63) is 23.8 Å². The molecule has 0 aliphatic rings. The molecule has 0 N–H and O–H groups in total. The molecule has 0 saturated carbocycles. The van der Waals surface area contributed by atoms with Gasteiger partial charge in [0.25, 0.3) is 5.16 Å². The van der Waals surface area contributed by atoms with Gasteiger partial charge >= 0.3 is 20.2 Å². The lowest BCUT2D eigenvalue weighted by atomic mass is 10.4. The van der Waals surface area contributed by atoms with Gasteiger partial charge in [-0.05, 0) is 6.92 Å². The molecule has 0 atom stereocenters. The summed E-state index contributed by atoms with van der Waals surface area (Å²) in [6.45, 7) is 1.67. The number of nitrogens with zero attached hydrogens (tertiary/aromatic N) is 7. The highest BCUT2D eigenvalue weighted by Crippen LogP contribution is 2.10. The summed E-state index contributed by atoms with van der Waals surface area (Å²) in [5, 5.41) is 10.1. The lowest BCUT2D eigenvalue weighted by Crippen LogP contribution is -2.30. The van der Waals surface area contributed by atoms with Crippen molar-refractivity contribution < 1.29 is 21.4 Å². The normalized spacial score (nSPS) is 13.0. The Morgan fingerprint density at radius 2 is 1.92 bits per heavy atom. The number of rotatable bonds is 6. The maximum absolute atomic E-state index is 12.3. The summed E-state index contributed by atoms with van der Waals surface area (Å²) in [5.41, 5.74) is 0.322. The SMILES string of the molecule is Cc1cc(/C=N/N(C)S(=O)(=O)c2ncn(S(=O)(=O)N(C)C)n2)no1. The van der Waals surface area contributed by atoms with Crippen molar-refractivity contribution in [3.8, 4) is 0 Å². The molecule has 0 radical (unpaired) electrons. The Balaban J connectivity index is 2.27. The first kappa shape index (κ1) is 18.0. The van der Waals surface area contributed by atoms with E-state index in [1.54, 1.807) is 13.0 Å². The van der Waals surface area contributed by atoms with E-state index in [0.717, 1.165) is 17.7 Å². The van der Waals surface area contributed by atoms with Crippen molar-refractivity contribution in [2.24, 2.45) is 5.10 Å². The highest BCUT2D eigenvalue weighted by atomic mass is 32.2. The molecule has 0 saturated heterocycles. The fraction of sp³-hybridized carbons (Fsp3) is 0.400. The third kappa shape index (κ3) is 3.44. The van der Waals surface area contributed by atoms with E-state index in [-0.39, 0.29) is 0 Å². The van der Waals surface area contributed by atoms with E-state index in [9.17, 15) is 16.8 Å². The molecule has 24 heavy (non-hydrogen) atoms. The van der Waals surface area contributed by atoms with Crippen LogP contribution in [-0.4, -0.2) is 72.2 Å². The number of aryl methyl sites for hydroxylation is 1. The summed E-state index contributed by atoms with van der Waals surface area (Å²) in [6, 6.07) is 1.56. The minimum absolute atomic E-state index is 0.322. The van der Waals surface area contributed by atoms with Crippen LogP contribution in [0.15, 0.2) is 27.2 Å². The van der Waals surface area contributed by atoms with Crippen molar-refractivity contribution in [2.45, 2.75) is 12.1 Å². The molecule has 0 amide bonds. The van der Waals surface area contributed by atoms with Crippen molar-refractivity contribution in [2.75, 3.05) is 21.1 Å². The van der Waals surface area contributed by atoms with Crippen LogP contribution in [0.3, 0.4) is 0 Å². The lowest BCUT2D eigenvalue weighted by molar-refractivity contribution is 0.396. The zero-order valence-electron chi connectivity index (χ0n) is 13.2. The third-order valence-electron chi connectivity index (χ3n) is 2.73. The van der Waals surface area contributed by atoms with Crippen LogP contribution in [0.25, 0.3) is 0 Å². The van der Waals surface area contributed by atoms with Gasteiger partial charge in [0.15, 0.2) is 0 Å². The van der Waals surface area contributed by atoms with Crippen LogP contribution in [0, 0.1) is 6.92 Å². The summed E-state index contributed by atoms with van der Waals surface area (Å²) >= 11 is 0. The van der Waals surface area contributed by atoms with Gasteiger partial charge in [-0.3, -0.25) is 0 Å². The zero-order chi connectivity index (χ0) is 18.1. The number of hydrazone groups is 1. The first-order valence-electron chi connectivity index (χ1n) is 6.36. The van der Waals surface area contributed by atoms with Crippen LogP contribution in [0.2, 0.25) is 0 Å². The molecule has 0 aliphatic heterocycles. The van der Waals surface area contributed by atoms with Gasteiger partial charge < -0.3 is 4.52 Å². The Labute approximate surface area is 138 Å². The molecule has 2 rings (SSSR count). The second-order valence-corrected chi connectivity index (χ2v) is 8.58.